The zero-order chi connectivity index (χ0) is 11.7. The number of H-pyrrole nitrogens is 1. The number of nitrogen functional groups attached to an aromatic ring is 2. The summed E-state index contributed by atoms with van der Waals surface area (Å²) < 4.78 is 0. The molecule has 2 heterocycles. The second-order valence-corrected chi connectivity index (χ2v) is 3.56. The molecular weight excluding hydrogens is 206 g/mol. The molecule has 0 aliphatic heterocycles. The van der Waals surface area contributed by atoms with Gasteiger partial charge in [0.15, 0.2) is 0 Å². The molecule has 2 aromatic heterocycles. The van der Waals surface area contributed by atoms with Crippen molar-refractivity contribution < 1.29 is 0 Å². The first-order valence-corrected chi connectivity index (χ1v) is 4.84. The van der Waals surface area contributed by atoms with E-state index < -0.39 is 0 Å². The summed E-state index contributed by atoms with van der Waals surface area (Å²) in [6, 6.07) is 0. The minimum atomic E-state index is -0.0474. The Kier molecular flexibility index (Phi) is 2.43. The Morgan fingerprint density at radius 2 is 1.81 bits per heavy atom. The molecule has 0 saturated heterocycles. The van der Waals surface area contributed by atoms with Gasteiger partial charge in [0.25, 0.3) is 0 Å². The van der Waals surface area contributed by atoms with E-state index in [1.54, 1.807) is 6.20 Å². The van der Waals surface area contributed by atoms with E-state index in [4.69, 9.17) is 11.5 Å². The fourth-order valence-corrected chi connectivity index (χ4v) is 1.42. The monoisotopic (exact) mass is 219 g/mol. The Morgan fingerprint density at radius 1 is 1.19 bits per heavy atom. The minimum absolute atomic E-state index is 0.0474. The highest BCUT2D eigenvalue weighted by molar-refractivity contribution is 5.29. The van der Waals surface area contributed by atoms with E-state index in [0.717, 1.165) is 11.5 Å². The van der Waals surface area contributed by atoms with Crippen LogP contribution in [-0.4, -0.2) is 24.9 Å². The number of anilines is 2. The molecule has 0 amide bonds. The number of hydrogen-bond acceptors (Lipinski definition) is 6. The second kappa shape index (κ2) is 3.76. The van der Waals surface area contributed by atoms with Crippen LogP contribution in [0.1, 0.15) is 30.2 Å². The summed E-state index contributed by atoms with van der Waals surface area (Å²) in [7, 11) is 0. The number of rotatable bonds is 2. The SMILES string of the molecule is Cc1ncc(C(C)c2nc(N)nc(N)n2)[nH]1. The smallest absolute Gasteiger partial charge is 0.225 e. The van der Waals surface area contributed by atoms with Crippen molar-refractivity contribution in [2.24, 2.45) is 0 Å². The summed E-state index contributed by atoms with van der Waals surface area (Å²) in [6.07, 6.45) is 1.75. The van der Waals surface area contributed by atoms with Crippen LogP contribution in [0.15, 0.2) is 6.20 Å². The maximum Gasteiger partial charge on any atom is 0.225 e. The molecule has 0 fully saturated rings. The highest BCUT2D eigenvalue weighted by Gasteiger charge is 2.15. The predicted molar refractivity (Wildman–Crippen MR) is 59.5 cm³/mol. The van der Waals surface area contributed by atoms with Crippen LogP contribution in [0.2, 0.25) is 0 Å². The highest BCUT2D eigenvalue weighted by Crippen LogP contribution is 2.19. The Balaban J connectivity index is 2.37. The summed E-state index contributed by atoms with van der Waals surface area (Å²) in [5.74, 6) is 1.59. The Hall–Kier alpha value is -2.18. The van der Waals surface area contributed by atoms with Crippen LogP contribution in [0.4, 0.5) is 11.9 Å². The molecule has 0 radical (unpaired) electrons. The van der Waals surface area contributed by atoms with Gasteiger partial charge >= 0.3 is 0 Å². The van der Waals surface area contributed by atoms with E-state index in [2.05, 4.69) is 24.9 Å². The van der Waals surface area contributed by atoms with Crippen LogP contribution in [0.3, 0.4) is 0 Å². The number of aromatic amines is 1. The van der Waals surface area contributed by atoms with Crippen LogP contribution < -0.4 is 11.5 Å². The molecule has 0 spiro atoms. The Morgan fingerprint density at radius 3 is 2.31 bits per heavy atom. The molecule has 1 atom stereocenters. The molecule has 7 nitrogen and oxygen atoms in total. The van der Waals surface area contributed by atoms with Crippen molar-refractivity contribution in [1.82, 2.24) is 24.9 Å². The van der Waals surface area contributed by atoms with Crippen LogP contribution in [-0.2, 0) is 0 Å². The molecule has 2 rings (SSSR count). The maximum absolute atomic E-state index is 5.51. The molecule has 2 aromatic rings. The molecular formula is C9H13N7. The number of aryl methyl sites for hydroxylation is 1. The quantitative estimate of drug-likeness (QED) is 0.664. The highest BCUT2D eigenvalue weighted by atomic mass is 15.1. The molecule has 7 heteroatoms. The third-order valence-electron chi connectivity index (χ3n) is 2.26. The lowest BCUT2D eigenvalue weighted by molar-refractivity contribution is 0.784. The van der Waals surface area contributed by atoms with Crippen LogP contribution in [0, 0.1) is 6.92 Å². The van der Waals surface area contributed by atoms with Crippen molar-refractivity contribution in [1.29, 1.82) is 0 Å². The molecule has 0 bridgehead atoms. The number of aromatic nitrogens is 5. The summed E-state index contributed by atoms with van der Waals surface area (Å²) in [5.41, 5.74) is 11.9. The van der Waals surface area contributed by atoms with Gasteiger partial charge in [-0.2, -0.15) is 15.0 Å². The number of imidazole rings is 1. The molecule has 1 unspecified atom stereocenters. The first kappa shape index (κ1) is 10.3. The number of nitrogens with two attached hydrogens (primary N) is 2. The van der Waals surface area contributed by atoms with Crippen molar-refractivity contribution >= 4 is 11.9 Å². The molecule has 84 valence electrons. The van der Waals surface area contributed by atoms with Gasteiger partial charge in [0.2, 0.25) is 11.9 Å². The predicted octanol–water partition coefficient (Wildman–Crippen LogP) is 0.219. The topological polar surface area (TPSA) is 119 Å². The summed E-state index contributed by atoms with van der Waals surface area (Å²) in [5, 5.41) is 0. The first-order valence-electron chi connectivity index (χ1n) is 4.84. The lowest BCUT2D eigenvalue weighted by Crippen LogP contribution is -2.10. The summed E-state index contributed by atoms with van der Waals surface area (Å²) in [4.78, 5) is 19.1. The van der Waals surface area contributed by atoms with Crippen molar-refractivity contribution in [2.75, 3.05) is 11.5 Å². The van der Waals surface area contributed by atoms with E-state index in [0.29, 0.717) is 5.82 Å². The van der Waals surface area contributed by atoms with Crippen LogP contribution in [0.5, 0.6) is 0 Å². The number of nitrogens with one attached hydrogen (secondary N) is 1. The minimum Gasteiger partial charge on any atom is -0.368 e. The van der Waals surface area contributed by atoms with Crippen LogP contribution >= 0.6 is 0 Å². The average molecular weight is 219 g/mol. The standard InChI is InChI=1S/C9H13N7/c1-4(6-3-12-5(2)13-6)7-14-8(10)16-9(11)15-7/h3-4H,1-2H3,(H,12,13)(H4,10,11,14,15,16). The molecule has 0 aliphatic carbocycles. The normalized spacial score (nSPS) is 12.6. The summed E-state index contributed by atoms with van der Waals surface area (Å²) in [6.45, 7) is 3.83. The van der Waals surface area contributed by atoms with E-state index in [9.17, 15) is 0 Å². The van der Waals surface area contributed by atoms with E-state index in [-0.39, 0.29) is 17.8 Å². The fraction of sp³-hybridized carbons (Fsp3) is 0.333. The van der Waals surface area contributed by atoms with Gasteiger partial charge in [-0.25, -0.2) is 4.98 Å². The van der Waals surface area contributed by atoms with Crippen molar-refractivity contribution in [3.63, 3.8) is 0 Å². The van der Waals surface area contributed by atoms with Gasteiger partial charge in [0, 0.05) is 11.9 Å². The Bertz CT molecular complexity index is 484. The number of nitrogens with zero attached hydrogens (tertiary/aromatic N) is 4. The van der Waals surface area contributed by atoms with Gasteiger partial charge in [-0.05, 0) is 13.8 Å². The lowest BCUT2D eigenvalue weighted by atomic mass is 10.1. The van der Waals surface area contributed by atoms with Gasteiger partial charge in [-0.1, -0.05) is 0 Å². The maximum atomic E-state index is 5.51. The average Bonchev–Trinajstić information content (AvgIpc) is 2.62. The van der Waals surface area contributed by atoms with Crippen LogP contribution in [0.25, 0.3) is 0 Å². The van der Waals surface area contributed by atoms with Crippen molar-refractivity contribution in [2.45, 2.75) is 19.8 Å². The summed E-state index contributed by atoms with van der Waals surface area (Å²) >= 11 is 0. The molecule has 16 heavy (non-hydrogen) atoms. The first-order chi connectivity index (χ1) is 7.56. The fourth-order valence-electron chi connectivity index (χ4n) is 1.42. The van der Waals surface area contributed by atoms with Crippen molar-refractivity contribution in [3.8, 4) is 0 Å². The third kappa shape index (κ3) is 1.92. The molecule has 0 aliphatic rings. The van der Waals surface area contributed by atoms with Crippen molar-refractivity contribution in [3.05, 3.63) is 23.5 Å². The molecule has 0 aromatic carbocycles. The van der Waals surface area contributed by atoms with Gasteiger partial charge in [-0.3, -0.25) is 0 Å². The van der Waals surface area contributed by atoms with Gasteiger partial charge < -0.3 is 16.5 Å². The zero-order valence-corrected chi connectivity index (χ0v) is 9.10. The lowest BCUT2D eigenvalue weighted by Gasteiger charge is -2.08. The van der Waals surface area contributed by atoms with E-state index in [1.165, 1.54) is 0 Å². The second-order valence-electron chi connectivity index (χ2n) is 3.56. The molecule has 5 N–H and O–H groups in total. The van der Waals surface area contributed by atoms with E-state index in [1.807, 2.05) is 13.8 Å². The number of hydrogen-bond donors (Lipinski definition) is 3. The van der Waals surface area contributed by atoms with Gasteiger partial charge in [-0.15, -0.1) is 0 Å². The zero-order valence-electron chi connectivity index (χ0n) is 9.10. The van der Waals surface area contributed by atoms with Gasteiger partial charge in [0.1, 0.15) is 11.6 Å². The van der Waals surface area contributed by atoms with Gasteiger partial charge in [0.05, 0.1) is 5.92 Å². The largest absolute Gasteiger partial charge is 0.368 e. The Labute approximate surface area is 92.4 Å². The third-order valence-corrected chi connectivity index (χ3v) is 2.26. The molecule has 0 saturated carbocycles. The van der Waals surface area contributed by atoms with E-state index >= 15 is 0 Å².